The highest BCUT2D eigenvalue weighted by molar-refractivity contribution is 6.06. The van der Waals surface area contributed by atoms with E-state index >= 15 is 4.39 Å². The summed E-state index contributed by atoms with van der Waals surface area (Å²) in [6.45, 7) is 14.1. The van der Waals surface area contributed by atoms with E-state index in [-0.39, 0.29) is 47.1 Å². The number of phenolic OH excluding ortho intramolecular Hbond substituents is 1. The van der Waals surface area contributed by atoms with Gasteiger partial charge in [-0.25, -0.2) is 9.37 Å². The Morgan fingerprint density at radius 3 is 2.37 bits per heavy atom. The fourth-order valence-corrected chi connectivity index (χ4v) is 13.1. The predicted molar refractivity (Wildman–Crippen MR) is 269 cm³/mol. The number of carbonyl (C=O) groups excluding carboxylic acids is 3. The Hall–Kier alpha value is -5.97. The van der Waals surface area contributed by atoms with Gasteiger partial charge >= 0.3 is 0 Å². The van der Waals surface area contributed by atoms with Gasteiger partial charge in [-0.15, -0.1) is 0 Å². The van der Waals surface area contributed by atoms with E-state index in [4.69, 9.17) is 15.0 Å². The quantitative estimate of drug-likeness (QED) is 0.152. The Balaban J connectivity index is 0.691. The molecule has 0 radical (unpaired) electrons. The van der Waals surface area contributed by atoms with Gasteiger partial charge in [0.25, 0.3) is 5.91 Å². The molecule has 3 aromatic carbocycles. The summed E-state index contributed by atoms with van der Waals surface area (Å²) in [5.41, 5.74) is 4.84. The SMILES string of the molecule is CCc1cccc2cc(O)cc(-c3ncc4c(N5CC6CCC(C5)N6)nc(N5CCN(CC6CCN(C7CCN(c8ccc9c(c8)CN(C8CCC(=O)NC8=O)C9=O)CC7)CC6)C[C@@H]5C)nc4c3F)c12. The number of nitrogens with one attached hydrogen (secondary N) is 2. The molecule has 7 aliphatic rings. The summed E-state index contributed by atoms with van der Waals surface area (Å²) in [6, 6.07) is 16.3. The van der Waals surface area contributed by atoms with Gasteiger partial charge in [-0.05, 0) is 130 Å². The number of aromatic hydroxyl groups is 1. The number of imide groups is 1. The summed E-state index contributed by atoms with van der Waals surface area (Å²) >= 11 is 0. The molecule has 5 aromatic rings. The van der Waals surface area contributed by atoms with Crippen LogP contribution >= 0.6 is 0 Å². The average molecular weight is 950 g/mol. The zero-order chi connectivity index (χ0) is 47.8. The van der Waals surface area contributed by atoms with Gasteiger partial charge in [0.1, 0.15) is 28.8 Å². The maximum absolute atomic E-state index is 17.4. The third-order valence-corrected chi connectivity index (χ3v) is 16.8. The van der Waals surface area contributed by atoms with Crippen molar-refractivity contribution in [2.75, 3.05) is 80.1 Å². The van der Waals surface area contributed by atoms with E-state index in [1.54, 1.807) is 23.2 Å². The normalized spacial score (nSPS) is 25.2. The first kappa shape index (κ1) is 45.2. The van der Waals surface area contributed by atoms with Crippen LogP contribution in [0.5, 0.6) is 5.75 Å². The van der Waals surface area contributed by atoms with Crippen LogP contribution < -0.4 is 25.3 Å². The largest absolute Gasteiger partial charge is 0.508 e. The number of anilines is 3. The smallest absolute Gasteiger partial charge is 0.255 e. The van der Waals surface area contributed by atoms with Crippen molar-refractivity contribution < 1.29 is 23.9 Å². The molecule has 0 saturated carbocycles. The monoisotopic (exact) mass is 950 g/mol. The van der Waals surface area contributed by atoms with Crippen LogP contribution in [0.15, 0.2) is 54.7 Å². The number of amides is 3. The Morgan fingerprint density at radius 1 is 0.814 bits per heavy atom. The van der Waals surface area contributed by atoms with Crippen molar-refractivity contribution in [1.82, 2.24) is 40.3 Å². The lowest BCUT2D eigenvalue weighted by Gasteiger charge is -2.44. The summed E-state index contributed by atoms with van der Waals surface area (Å²) in [5, 5.41) is 19.3. The molecule has 16 heteroatoms. The Kier molecular flexibility index (Phi) is 11.8. The lowest BCUT2D eigenvalue weighted by atomic mass is 9.92. The van der Waals surface area contributed by atoms with Crippen molar-refractivity contribution in [1.29, 1.82) is 0 Å². The molecule has 70 heavy (non-hydrogen) atoms. The minimum atomic E-state index is -0.602. The lowest BCUT2D eigenvalue weighted by Crippen LogP contribution is -2.54. The molecule has 0 aliphatic carbocycles. The second-order valence-corrected chi connectivity index (χ2v) is 21.2. The first-order chi connectivity index (χ1) is 34.0. The minimum Gasteiger partial charge on any atom is -0.508 e. The number of likely N-dealkylation sites (tertiary alicyclic amines) is 1. The molecular weight excluding hydrogens is 886 g/mol. The fraction of sp³-hybridized carbons (Fsp3) is 0.519. The molecule has 6 saturated heterocycles. The van der Waals surface area contributed by atoms with Gasteiger partial charge in [-0.3, -0.25) is 29.6 Å². The predicted octanol–water partition coefficient (Wildman–Crippen LogP) is 5.85. The standard InChI is InChI=1S/C54H64FN11O4/c1-3-34-5-4-6-35-24-41(67)25-43(47(34)35)49-48(55)50-44(26-56-49)51(64-30-37-7-8-38(31-64)57-37)60-54(59-50)65-22-21-61(27-32(65)2)28-33-13-17-62(18-14-33)39-15-19-63(20-16-39)40-9-10-42-36(23-40)29-66(53(42)70)45-11-12-46(68)58-52(45)69/h4-6,9-10,23-26,32-33,37-39,45,57,67H,3,7-8,11-22,27-31H2,1-2H3,(H,58,68,69)/t32-,37?,38?,45?/m0/s1. The molecule has 7 aliphatic heterocycles. The van der Waals surface area contributed by atoms with Crippen molar-refractivity contribution in [3.63, 3.8) is 0 Å². The number of fused-ring (bicyclic) bond motifs is 5. The van der Waals surface area contributed by atoms with Crippen LogP contribution in [0.1, 0.15) is 86.7 Å². The molecule has 366 valence electrons. The number of halogens is 1. The van der Waals surface area contributed by atoms with Crippen LogP contribution in [-0.4, -0.2) is 148 Å². The van der Waals surface area contributed by atoms with Crippen LogP contribution in [0.3, 0.4) is 0 Å². The summed E-state index contributed by atoms with van der Waals surface area (Å²) in [6.07, 6.45) is 9.95. The second-order valence-electron chi connectivity index (χ2n) is 21.2. The molecule has 3 amide bonds. The van der Waals surface area contributed by atoms with Crippen molar-refractivity contribution in [3.8, 4) is 17.0 Å². The van der Waals surface area contributed by atoms with Gasteiger partial charge in [0.05, 0.1) is 5.39 Å². The van der Waals surface area contributed by atoms with E-state index in [2.05, 4.69) is 67.2 Å². The van der Waals surface area contributed by atoms with Gasteiger partial charge in [0.2, 0.25) is 17.8 Å². The number of hydrogen-bond donors (Lipinski definition) is 3. The molecule has 2 bridgehead atoms. The summed E-state index contributed by atoms with van der Waals surface area (Å²) in [5.74, 6) is 0.754. The number of aryl methyl sites for hydroxylation is 1. The van der Waals surface area contributed by atoms with E-state index in [1.807, 2.05) is 18.2 Å². The number of hydrogen-bond acceptors (Lipinski definition) is 13. The fourth-order valence-electron chi connectivity index (χ4n) is 13.1. The summed E-state index contributed by atoms with van der Waals surface area (Å²) in [4.78, 5) is 66.7. The van der Waals surface area contributed by atoms with E-state index in [1.165, 1.54) is 12.8 Å². The maximum Gasteiger partial charge on any atom is 0.255 e. The second kappa shape index (κ2) is 18.3. The third-order valence-electron chi connectivity index (χ3n) is 16.8. The summed E-state index contributed by atoms with van der Waals surface area (Å²) < 4.78 is 17.4. The highest BCUT2D eigenvalue weighted by Gasteiger charge is 2.40. The third kappa shape index (κ3) is 8.28. The number of pyridine rings is 1. The zero-order valence-corrected chi connectivity index (χ0v) is 40.4. The molecule has 9 heterocycles. The van der Waals surface area contributed by atoms with Crippen LogP contribution in [0.4, 0.5) is 21.8 Å². The highest BCUT2D eigenvalue weighted by Crippen LogP contribution is 2.40. The molecule has 15 nitrogen and oxygen atoms in total. The number of rotatable bonds is 9. The van der Waals surface area contributed by atoms with Crippen LogP contribution in [-0.2, 0) is 22.6 Å². The first-order valence-electron chi connectivity index (χ1n) is 25.9. The number of piperazine rings is 2. The molecule has 12 rings (SSSR count). The Labute approximate surface area is 408 Å². The number of nitrogens with zero attached hydrogens (tertiary/aromatic N) is 9. The van der Waals surface area contributed by atoms with Gasteiger partial charge in [-0.1, -0.05) is 25.1 Å². The lowest BCUT2D eigenvalue weighted by molar-refractivity contribution is -0.136. The van der Waals surface area contributed by atoms with Crippen molar-refractivity contribution in [3.05, 3.63) is 77.2 Å². The number of carbonyl (C=O) groups is 3. The molecule has 4 atom stereocenters. The van der Waals surface area contributed by atoms with Crippen molar-refractivity contribution in [2.45, 2.75) is 108 Å². The number of aromatic nitrogens is 3. The zero-order valence-electron chi connectivity index (χ0n) is 40.4. The topological polar surface area (TPSA) is 154 Å². The van der Waals surface area contributed by atoms with Crippen LogP contribution in [0, 0.1) is 11.7 Å². The Morgan fingerprint density at radius 2 is 1.61 bits per heavy atom. The maximum atomic E-state index is 17.4. The van der Waals surface area contributed by atoms with Crippen molar-refractivity contribution in [2.24, 2.45) is 5.92 Å². The highest BCUT2D eigenvalue weighted by atomic mass is 19.1. The van der Waals surface area contributed by atoms with Gasteiger partial charge in [0, 0.05) is 113 Å². The number of phenols is 1. The van der Waals surface area contributed by atoms with E-state index in [0.717, 1.165) is 131 Å². The molecule has 0 spiro atoms. The van der Waals surface area contributed by atoms with E-state index in [0.29, 0.717) is 59.5 Å². The average Bonchev–Trinajstić information content (AvgIpc) is 3.89. The Bertz CT molecular complexity index is 2870. The van der Waals surface area contributed by atoms with Gasteiger partial charge in [-0.2, -0.15) is 4.98 Å². The molecule has 3 N–H and O–H groups in total. The van der Waals surface area contributed by atoms with Crippen LogP contribution in [0.25, 0.3) is 32.9 Å². The van der Waals surface area contributed by atoms with Gasteiger partial charge < -0.3 is 34.9 Å². The van der Waals surface area contributed by atoms with Crippen molar-refractivity contribution >= 4 is 56.9 Å². The number of benzene rings is 3. The number of piperidine rings is 3. The molecule has 2 aromatic heterocycles. The van der Waals surface area contributed by atoms with E-state index in [9.17, 15) is 19.5 Å². The van der Waals surface area contributed by atoms with Gasteiger partial charge in [0.15, 0.2) is 5.82 Å². The first-order valence-corrected chi connectivity index (χ1v) is 25.9. The minimum absolute atomic E-state index is 0.0737. The van der Waals surface area contributed by atoms with Crippen LogP contribution in [0.2, 0.25) is 0 Å². The molecule has 3 unspecified atom stereocenters. The summed E-state index contributed by atoms with van der Waals surface area (Å²) in [7, 11) is 0. The molecular formula is C54H64FN11O4. The van der Waals surface area contributed by atoms with E-state index < -0.39 is 11.9 Å². The molecule has 6 fully saturated rings.